The third-order valence-corrected chi connectivity index (χ3v) is 3.62. The second-order valence-electron chi connectivity index (χ2n) is 3.34. The first-order valence-electron chi connectivity index (χ1n) is 4.36. The lowest BCUT2D eigenvalue weighted by Gasteiger charge is -2.10. The van der Waals surface area contributed by atoms with Crippen LogP contribution in [0.5, 0.6) is 0 Å². The van der Waals surface area contributed by atoms with Crippen molar-refractivity contribution in [1.82, 2.24) is 4.83 Å². The second-order valence-corrected chi connectivity index (χ2v) is 5.03. The van der Waals surface area contributed by atoms with Gasteiger partial charge in [0.2, 0.25) is 0 Å². The van der Waals surface area contributed by atoms with Gasteiger partial charge >= 0.3 is 5.97 Å². The fourth-order valence-electron chi connectivity index (χ4n) is 1.29. The van der Waals surface area contributed by atoms with Crippen LogP contribution in [0, 0.1) is 13.8 Å². The molecule has 0 heterocycles. The van der Waals surface area contributed by atoms with Gasteiger partial charge in [-0.3, -0.25) is 5.84 Å². The normalized spacial score (nSPS) is 11.4. The molecule has 0 fully saturated rings. The van der Waals surface area contributed by atoms with Crippen molar-refractivity contribution in [3.05, 3.63) is 28.8 Å². The molecule has 0 aliphatic heterocycles. The maximum Gasteiger partial charge on any atom is 0.335 e. The summed E-state index contributed by atoms with van der Waals surface area (Å²) in [5.41, 5.74) is 0.966. The van der Waals surface area contributed by atoms with E-state index in [9.17, 15) is 13.2 Å². The van der Waals surface area contributed by atoms with Crippen LogP contribution in [0.1, 0.15) is 21.5 Å². The Balaban J connectivity index is 3.57. The minimum Gasteiger partial charge on any atom is -0.478 e. The number of carbonyl (C=O) groups is 1. The Morgan fingerprint density at radius 1 is 1.38 bits per heavy atom. The molecule has 1 aromatic rings. The molecule has 0 aliphatic rings. The summed E-state index contributed by atoms with van der Waals surface area (Å²) >= 11 is 0. The smallest absolute Gasteiger partial charge is 0.335 e. The van der Waals surface area contributed by atoms with Crippen LogP contribution >= 0.6 is 0 Å². The third kappa shape index (κ3) is 2.21. The third-order valence-electron chi connectivity index (χ3n) is 2.31. The van der Waals surface area contributed by atoms with E-state index in [1.54, 1.807) is 18.7 Å². The molecule has 7 heteroatoms. The summed E-state index contributed by atoms with van der Waals surface area (Å²) in [6.45, 7) is 3.22. The number of carboxylic acids is 1. The molecule has 0 aromatic heterocycles. The molecule has 88 valence electrons. The fraction of sp³-hybridized carbons (Fsp3) is 0.222. The number of carboxylic acid groups (broad SMARTS) is 1. The van der Waals surface area contributed by atoms with E-state index >= 15 is 0 Å². The van der Waals surface area contributed by atoms with Gasteiger partial charge in [0, 0.05) is 0 Å². The van der Waals surface area contributed by atoms with Crippen molar-refractivity contribution in [2.75, 3.05) is 0 Å². The van der Waals surface area contributed by atoms with Gasteiger partial charge in [0.05, 0.1) is 10.5 Å². The highest BCUT2D eigenvalue weighted by molar-refractivity contribution is 7.89. The molecule has 0 bridgehead atoms. The number of aryl methyl sites for hydroxylation is 1. The predicted molar refractivity (Wildman–Crippen MR) is 57.4 cm³/mol. The van der Waals surface area contributed by atoms with Crippen LogP contribution < -0.4 is 10.7 Å². The quantitative estimate of drug-likeness (QED) is 0.518. The average Bonchev–Trinajstić information content (AvgIpc) is 2.21. The van der Waals surface area contributed by atoms with Crippen LogP contribution in [0.25, 0.3) is 0 Å². The van der Waals surface area contributed by atoms with E-state index in [-0.39, 0.29) is 10.5 Å². The number of hydrogen-bond acceptors (Lipinski definition) is 4. The van der Waals surface area contributed by atoms with Gasteiger partial charge in [-0.1, -0.05) is 0 Å². The lowest BCUT2D eigenvalue weighted by molar-refractivity contribution is 0.0696. The van der Waals surface area contributed by atoms with Crippen LogP contribution in [0.4, 0.5) is 0 Å². The topological polar surface area (TPSA) is 109 Å². The summed E-state index contributed by atoms with van der Waals surface area (Å²) < 4.78 is 23.0. The molecule has 0 saturated carbocycles. The Morgan fingerprint density at radius 2 is 1.94 bits per heavy atom. The first-order valence-corrected chi connectivity index (χ1v) is 5.85. The average molecular weight is 244 g/mol. The van der Waals surface area contributed by atoms with E-state index in [4.69, 9.17) is 10.9 Å². The zero-order chi connectivity index (χ0) is 12.5. The zero-order valence-electron chi connectivity index (χ0n) is 8.81. The van der Waals surface area contributed by atoms with Gasteiger partial charge < -0.3 is 5.11 Å². The van der Waals surface area contributed by atoms with Crippen LogP contribution in [0.2, 0.25) is 0 Å². The van der Waals surface area contributed by atoms with E-state index in [0.29, 0.717) is 11.1 Å². The molecular formula is C9H12N2O4S. The molecule has 0 saturated heterocycles. The number of hydrazine groups is 1. The summed E-state index contributed by atoms with van der Waals surface area (Å²) in [5.74, 6) is 3.71. The standard InChI is InChI=1S/C9H12N2O4S/c1-5-3-7(9(12)13)4-8(6(5)2)16(14,15)11-10/h3-4,11H,10H2,1-2H3,(H,12,13). The summed E-state index contributed by atoms with van der Waals surface area (Å²) in [4.78, 5) is 12.3. The highest BCUT2D eigenvalue weighted by Crippen LogP contribution is 2.20. The maximum atomic E-state index is 11.5. The second kappa shape index (κ2) is 4.20. The van der Waals surface area contributed by atoms with Crippen LogP contribution in [-0.4, -0.2) is 19.5 Å². The monoisotopic (exact) mass is 244 g/mol. The Morgan fingerprint density at radius 3 is 2.38 bits per heavy atom. The van der Waals surface area contributed by atoms with Gasteiger partial charge in [-0.15, -0.1) is 0 Å². The van der Waals surface area contributed by atoms with Gasteiger partial charge in [0.1, 0.15) is 0 Å². The number of rotatable bonds is 3. The van der Waals surface area contributed by atoms with E-state index in [0.717, 1.165) is 6.07 Å². The molecule has 6 nitrogen and oxygen atoms in total. The predicted octanol–water partition coefficient (Wildman–Crippen LogP) is 0.154. The Bertz CT molecular complexity index is 537. The van der Waals surface area contributed by atoms with Crippen molar-refractivity contribution in [3.8, 4) is 0 Å². The number of nitrogens with one attached hydrogen (secondary N) is 1. The number of sulfonamides is 1. The Hall–Kier alpha value is -1.44. The zero-order valence-corrected chi connectivity index (χ0v) is 9.63. The van der Waals surface area contributed by atoms with Crippen LogP contribution in [-0.2, 0) is 10.0 Å². The molecule has 0 aliphatic carbocycles. The molecule has 0 spiro atoms. The van der Waals surface area contributed by atoms with E-state index in [1.807, 2.05) is 0 Å². The molecule has 0 unspecified atom stereocenters. The molecular weight excluding hydrogens is 232 g/mol. The van der Waals surface area contributed by atoms with Gasteiger partial charge in [-0.05, 0) is 37.1 Å². The van der Waals surface area contributed by atoms with Crippen molar-refractivity contribution in [2.45, 2.75) is 18.7 Å². The summed E-state index contributed by atoms with van der Waals surface area (Å²) in [7, 11) is -3.84. The van der Waals surface area contributed by atoms with E-state index < -0.39 is 16.0 Å². The Labute approximate surface area is 93.1 Å². The fourth-order valence-corrected chi connectivity index (χ4v) is 2.27. The number of nitrogens with two attached hydrogens (primary N) is 1. The minimum absolute atomic E-state index is 0.0862. The highest BCUT2D eigenvalue weighted by atomic mass is 32.2. The summed E-state index contributed by atoms with van der Waals surface area (Å²) in [6.07, 6.45) is 0. The molecule has 0 radical (unpaired) electrons. The number of aromatic carboxylic acids is 1. The Kier molecular flexibility index (Phi) is 3.32. The maximum absolute atomic E-state index is 11.5. The molecule has 16 heavy (non-hydrogen) atoms. The molecule has 0 atom stereocenters. The molecule has 1 aromatic carbocycles. The SMILES string of the molecule is Cc1cc(C(=O)O)cc(S(=O)(=O)NN)c1C. The lowest BCUT2D eigenvalue weighted by atomic mass is 10.1. The molecule has 4 N–H and O–H groups in total. The summed E-state index contributed by atoms with van der Waals surface area (Å²) in [6, 6.07) is 2.49. The van der Waals surface area contributed by atoms with Crippen molar-refractivity contribution in [1.29, 1.82) is 0 Å². The molecule has 0 amide bonds. The molecule has 1 rings (SSSR count). The van der Waals surface area contributed by atoms with Crippen LogP contribution in [0.3, 0.4) is 0 Å². The number of benzene rings is 1. The number of hydrogen-bond donors (Lipinski definition) is 3. The van der Waals surface area contributed by atoms with Crippen molar-refractivity contribution < 1.29 is 18.3 Å². The lowest BCUT2D eigenvalue weighted by Crippen LogP contribution is -2.31. The van der Waals surface area contributed by atoms with Crippen molar-refractivity contribution >= 4 is 16.0 Å². The highest BCUT2D eigenvalue weighted by Gasteiger charge is 2.19. The summed E-state index contributed by atoms with van der Waals surface area (Å²) in [5, 5.41) is 8.82. The largest absolute Gasteiger partial charge is 0.478 e. The van der Waals surface area contributed by atoms with Gasteiger partial charge in [-0.25, -0.2) is 13.2 Å². The first kappa shape index (κ1) is 12.6. The van der Waals surface area contributed by atoms with Gasteiger partial charge in [0.25, 0.3) is 10.0 Å². The van der Waals surface area contributed by atoms with Gasteiger partial charge in [-0.2, -0.15) is 4.83 Å². The van der Waals surface area contributed by atoms with Crippen LogP contribution in [0.15, 0.2) is 17.0 Å². The van der Waals surface area contributed by atoms with E-state index in [1.165, 1.54) is 6.07 Å². The van der Waals surface area contributed by atoms with Gasteiger partial charge in [0.15, 0.2) is 0 Å². The minimum atomic E-state index is -3.84. The van der Waals surface area contributed by atoms with E-state index in [2.05, 4.69) is 0 Å². The van der Waals surface area contributed by atoms with Crippen molar-refractivity contribution in [2.24, 2.45) is 5.84 Å². The first-order chi connectivity index (χ1) is 7.29. The van der Waals surface area contributed by atoms with Crippen molar-refractivity contribution in [3.63, 3.8) is 0 Å².